The number of halogens is 4. The lowest BCUT2D eigenvalue weighted by molar-refractivity contribution is -0.141. The van der Waals surface area contributed by atoms with Gasteiger partial charge in [0.05, 0.1) is 0 Å². The number of nitrogens with zero attached hydrogens (tertiary/aromatic N) is 2. The zero-order chi connectivity index (χ0) is 14.0. The Bertz CT molecular complexity index is 450. The van der Waals surface area contributed by atoms with Crippen molar-refractivity contribution < 1.29 is 13.2 Å². The van der Waals surface area contributed by atoms with Crippen LogP contribution in [0.25, 0.3) is 0 Å². The molecule has 3 nitrogen and oxygen atoms in total. The van der Waals surface area contributed by atoms with E-state index in [1.165, 1.54) is 6.42 Å². The minimum absolute atomic E-state index is 0.131. The first-order chi connectivity index (χ1) is 8.84. The molecule has 2 rings (SSSR count). The van der Waals surface area contributed by atoms with E-state index in [2.05, 4.69) is 22.2 Å². The van der Waals surface area contributed by atoms with E-state index >= 15 is 0 Å². The Morgan fingerprint density at radius 3 is 2.68 bits per heavy atom. The fraction of sp³-hybridized carbons (Fsp3) is 0.667. The van der Waals surface area contributed by atoms with Crippen LogP contribution in [-0.2, 0) is 6.18 Å². The Morgan fingerprint density at radius 1 is 1.37 bits per heavy atom. The number of hydrogen-bond acceptors (Lipinski definition) is 3. The van der Waals surface area contributed by atoms with Gasteiger partial charge in [0.15, 0.2) is 5.69 Å². The molecule has 19 heavy (non-hydrogen) atoms. The second kappa shape index (κ2) is 5.53. The number of hydrogen-bond donors (Lipinski definition) is 1. The summed E-state index contributed by atoms with van der Waals surface area (Å²) in [5, 5.41) is 2.53. The average Bonchev–Trinajstić information content (AvgIpc) is 2.71. The quantitative estimate of drug-likeness (QED) is 0.856. The highest BCUT2D eigenvalue weighted by Gasteiger charge is 2.33. The molecule has 1 aliphatic rings. The standard InChI is InChI=1S/C12H15ClF3N3/c1-7-2-3-8(4-7)6-17-10-5-9(12(14,15)16)18-11(13)19-10/h5,7-8H,2-4,6H2,1H3,(H,17,18,19). The van der Waals surface area contributed by atoms with Crippen molar-refractivity contribution in [1.82, 2.24) is 9.97 Å². The molecule has 7 heteroatoms. The van der Waals surface area contributed by atoms with Gasteiger partial charge in [-0.05, 0) is 36.3 Å². The summed E-state index contributed by atoms with van der Waals surface area (Å²) in [4.78, 5) is 6.96. The predicted molar refractivity (Wildman–Crippen MR) is 67.0 cm³/mol. The van der Waals surface area contributed by atoms with Gasteiger partial charge >= 0.3 is 6.18 Å². The van der Waals surface area contributed by atoms with E-state index in [1.807, 2.05) is 0 Å². The van der Waals surface area contributed by atoms with E-state index in [1.54, 1.807) is 0 Å². The highest BCUT2D eigenvalue weighted by Crippen LogP contribution is 2.32. The highest BCUT2D eigenvalue weighted by atomic mass is 35.5. The third-order valence-corrected chi connectivity index (χ3v) is 3.53. The van der Waals surface area contributed by atoms with Gasteiger partial charge in [-0.3, -0.25) is 0 Å². The van der Waals surface area contributed by atoms with E-state index in [-0.39, 0.29) is 5.82 Å². The molecule has 2 unspecified atom stereocenters. The van der Waals surface area contributed by atoms with Gasteiger partial charge in [-0.2, -0.15) is 13.2 Å². The largest absolute Gasteiger partial charge is 0.433 e. The number of nitrogens with one attached hydrogen (secondary N) is 1. The summed E-state index contributed by atoms with van der Waals surface area (Å²) in [6, 6.07) is 0.893. The fourth-order valence-electron chi connectivity index (χ4n) is 2.41. The maximum atomic E-state index is 12.6. The molecule has 1 fully saturated rings. The monoisotopic (exact) mass is 293 g/mol. The third kappa shape index (κ3) is 3.96. The lowest BCUT2D eigenvalue weighted by Gasteiger charge is -2.13. The van der Waals surface area contributed by atoms with Crippen molar-refractivity contribution in [1.29, 1.82) is 0 Å². The van der Waals surface area contributed by atoms with Crippen LogP contribution in [0.4, 0.5) is 19.0 Å². The highest BCUT2D eigenvalue weighted by molar-refractivity contribution is 6.28. The van der Waals surface area contributed by atoms with Crippen molar-refractivity contribution in [3.63, 3.8) is 0 Å². The van der Waals surface area contributed by atoms with E-state index in [0.29, 0.717) is 18.4 Å². The summed E-state index contributed by atoms with van der Waals surface area (Å²) in [7, 11) is 0. The van der Waals surface area contributed by atoms with Gasteiger partial charge in [0.1, 0.15) is 5.82 Å². The van der Waals surface area contributed by atoms with Gasteiger partial charge in [-0.25, -0.2) is 9.97 Å². The van der Waals surface area contributed by atoms with Crippen molar-refractivity contribution in [2.24, 2.45) is 11.8 Å². The van der Waals surface area contributed by atoms with E-state index in [0.717, 1.165) is 18.9 Å². The summed E-state index contributed by atoms with van der Waals surface area (Å²) < 4.78 is 37.7. The number of aromatic nitrogens is 2. The molecule has 0 amide bonds. The third-order valence-electron chi connectivity index (χ3n) is 3.36. The van der Waals surface area contributed by atoms with Gasteiger partial charge in [0.25, 0.3) is 0 Å². The molecule has 0 bridgehead atoms. The van der Waals surface area contributed by atoms with Crippen molar-refractivity contribution in [3.8, 4) is 0 Å². The lowest BCUT2D eigenvalue weighted by Crippen LogP contribution is -2.15. The molecule has 1 saturated carbocycles. The maximum absolute atomic E-state index is 12.6. The van der Waals surface area contributed by atoms with Crippen molar-refractivity contribution in [2.75, 3.05) is 11.9 Å². The summed E-state index contributed by atoms with van der Waals surface area (Å²) in [6.45, 7) is 2.80. The first-order valence-electron chi connectivity index (χ1n) is 6.20. The van der Waals surface area contributed by atoms with Crippen molar-refractivity contribution >= 4 is 17.4 Å². The molecule has 0 aliphatic heterocycles. The molecular weight excluding hydrogens is 279 g/mol. The van der Waals surface area contributed by atoms with Gasteiger partial charge in [-0.15, -0.1) is 0 Å². The molecule has 0 aromatic carbocycles. The van der Waals surface area contributed by atoms with Gasteiger partial charge in [0.2, 0.25) is 5.28 Å². The second-order valence-electron chi connectivity index (χ2n) is 5.07. The zero-order valence-electron chi connectivity index (χ0n) is 10.5. The average molecular weight is 294 g/mol. The van der Waals surface area contributed by atoms with E-state index in [4.69, 9.17) is 11.6 Å². The van der Waals surface area contributed by atoms with Gasteiger partial charge in [0, 0.05) is 12.6 Å². The first kappa shape index (κ1) is 14.4. The molecule has 1 aliphatic carbocycles. The molecule has 1 heterocycles. The normalized spacial score (nSPS) is 23.6. The SMILES string of the molecule is CC1CCC(CNc2cc(C(F)(F)F)nc(Cl)n2)C1. The van der Waals surface area contributed by atoms with Crippen LogP contribution >= 0.6 is 11.6 Å². The van der Waals surface area contributed by atoms with Crippen molar-refractivity contribution in [2.45, 2.75) is 32.4 Å². The van der Waals surface area contributed by atoms with Crippen LogP contribution in [0, 0.1) is 11.8 Å². The fourth-order valence-corrected chi connectivity index (χ4v) is 2.59. The molecule has 0 radical (unpaired) electrons. The van der Waals surface area contributed by atoms with Crippen LogP contribution in [0.5, 0.6) is 0 Å². The van der Waals surface area contributed by atoms with Crippen LogP contribution in [0.2, 0.25) is 5.28 Å². The van der Waals surface area contributed by atoms with Crippen LogP contribution in [0.15, 0.2) is 6.07 Å². The first-order valence-corrected chi connectivity index (χ1v) is 6.58. The molecule has 106 valence electrons. The molecule has 0 saturated heterocycles. The molecule has 2 atom stereocenters. The molecule has 1 aromatic rings. The van der Waals surface area contributed by atoms with Crippen LogP contribution in [0.1, 0.15) is 31.9 Å². The van der Waals surface area contributed by atoms with Crippen LogP contribution in [-0.4, -0.2) is 16.5 Å². The van der Waals surface area contributed by atoms with Crippen LogP contribution in [0.3, 0.4) is 0 Å². The van der Waals surface area contributed by atoms with E-state index in [9.17, 15) is 13.2 Å². The smallest absolute Gasteiger partial charge is 0.370 e. The lowest BCUT2D eigenvalue weighted by atomic mass is 10.1. The summed E-state index contributed by atoms with van der Waals surface area (Å²) in [5.74, 6) is 1.30. The Hall–Kier alpha value is -1.04. The predicted octanol–water partition coefficient (Wildman–Crippen LogP) is 4.00. The Kier molecular flexibility index (Phi) is 4.18. The maximum Gasteiger partial charge on any atom is 0.433 e. The Labute approximate surface area is 114 Å². The van der Waals surface area contributed by atoms with Crippen LogP contribution < -0.4 is 5.32 Å². The second-order valence-corrected chi connectivity index (χ2v) is 5.41. The van der Waals surface area contributed by atoms with Gasteiger partial charge < -0.3 is 5.32 Å². The topological polar surface area (TPSA) is 37.8 Å². The van der Waals surface area contributed by atoms with E-state index < -0.39 is 17.2 Å². The Morgan fingerprint density at radius 2 is 2.11 bits per heavy atom. The van der Waals surface area contributed by atoms with Gasteiger partial charge in [-0.1, -0.05) is 13.3 Å². The summed E-state index contributed by atoms with van der Waals surface area (Å²) >= 11 is 5.51. The minimum Gasteiger partial charge on any atom is -0.370 e. The molecule has 0 spiro atoms. The minimum atomic E-state index is -4.51. The Balaban J connectivity index is 2.02. The summed E-state index contributed by atoms with van der Waals surface area (Å²) in [5.41, 5.74) is -1.02. The van der Waals surface area contributed by atoms with Crippen molar-refractivity contribution in [3.05, 3.63) is 17.0 Å². The molecule has 1 N–H and O–H groups in total. The number of anilines is 1. The molecule has 1 aromatic heterocycles. The summed E-state index contributed by atoms with van der Waals surface area (Å²) in [6.07, 6.45) is -1.15. The molecular formula is C12H15ClF3N3. The number of alkyl halides is 3. The zero-order valence-corrected chi connectivity index (χ0v) is 11.2. The number of rotatable bonds is 3.